The summed E-state index contributed by atoms with van der Waals surface area (Å²) in [5, 5.41) is 6.78. The summed E-state index contributed by atoms with van der Waals surface area (Å²) in [7, 11) is 3.32. The maximum atomic E-state index is 5.37. The quantitative estimate of drug-likeness (QED) is 0.521. The molecule has 1 fully saturated rings. The van der Waals surface area contributed by atoms with Gasteiger partial charge >= 0.3 is 0 Å². The maximum absolute atomic E-state index is 5.37. The molecule has 0 amide bonds. The number of nitrogens with zero attached hydrogens (tertiary/aromatic N) is 2. The molecule has 1 aromatic rings. The van der Waals surface area contributed by atoms with Crippen LogP contribution in [0.2, 0.25) is 0 Å². The Balaban J connectivity index is 1.83. The van der Waals surface area contributed by atoms with E-state index in [4.69, 9.17) is 14.5 Å². The maximum Gasteiger partial charge on any atom is 0.191 e. The van der Waals surface area contributed by atoms with E-state index in [-0.39, 0.29) is 0 Å². The first-order valence-electron chi connectivity index (χ1n) is 9.65. The van der Waals surface area contributed by atoms with Crippen molar-refractivity contribution in [1.82, 2.24) is 15.5 Å². The molecular weight excluding hydrogens is 328 g/mol. The van der Waals surface area contributed by atoms with Gasteiger partial charge in [-0.1, -0.05) is 13.0 Å². The van der Waals surface area contributed by atoms with Crippen LogP contribution >= 0.6 is 0 Å². The number of methoxy groups -OCH3 is 2. The predicted octanol–water partition coefficient (Wildman–Crippen LogP) is 2.14. The van der Waals surface area contributed by atoms with Crippen molar-refractivity contribution in [1.29, 1.82) is 0 Å². The molecule has 1 aliphatic rings. The number of hydrogen-bond acceptors (Lipinski definition) is 4. The summed E-state index contributed by atoms with van der Waals surface area (Å²) in [6.07, 6.45) is 2.15. The molecule has 1 aromatic carbocycles. The number of likely N-dealkylation sites (tertiary alicyclic amines) is 1. The van der Waals surface area contributed by atoms with E-state index < -0.39 is 0 Å². The summed E-state index contributed by atoms with van der Waals surface area (Å²) in [4.78, 5) is 7.28. The molecule has 0 radical (unpaired) electrons. The van der Waals surface area contributed by atoms with Gasteiger partial charge in [-0.2, -0.15) is 0 Å². The highest BCUT2D eigenvalue weighted by Gasteiger charge is 2.20. The van der Waals surface area contributed by atoms with Gasteiger partial charge < -0.3 is 25.0 Å². The average Bonchev–Trinajstić information content (AvgIpc) is 3.14. The largest absolute Gasteiger partial charge is 0.493 e. The molecule has 146 valence electrons. The van der Waals surface area contributed by atoms with Crippen LogP contribution < -0.4 is 20.1 Å². The monoisotopic (exact) mass is 362 g/mol. The normalized spacial score (nSPS) is 18.0. The minimum Gasteiger partial charge on any atom is -0.493 e. The summed E-state index contributed by atoms with van der Waals surface area (Å²) >= 11 is 0. The van der Waals surface area contributed by atoms with Gasteiger partial charge in [0.15, 0.2) is 17.5 Å². The molecule has 0 saturated carbocycles. The lowest BCUT2D eigenvalue weighted by Gasteiger charge is -2.14. The van der Waals surface area contributed by atoms with Crippen molar-refractivity contribution in [3.8, 4) is 11.5 Å². The third kappa shape index (κ3) is 6.09. The van der Waals surface area contributed by atoms with E-state index in [1.807, 2.05) is 12.1 Å². The van der Waals surface area contributed by atoms with Gasteiger partial charge in [-0.3, -0.25) is 4.99 Å². The Bertz CT molecular complexity index is 577. The molecule has 6 nitrogen and oxygen atoms in total. The van der Waals surface area contributed by atoms with Crippen LogP contribution in [0.3, 0.4) is 0 Å². The summed E-state index contributed by atoms with van der Waals surface area (Å²) in [5.74, 6) is 3.11. The predicted molar refractivity (Wildman–Crippen MR) is 107 cm³/mol. The fourth-order valence-electron chi connectivity index (χ4n) is 3.27. The van der Waals surface area contributed by atoms with Crippen LogP contribution in [0.15, 0.2) is 23.2 Å². The molecule has 0 bridgehead atoms. The smallest absolute Gasteiger partial charge is 0.191 e. The number of benzene rings is 1. The molecule has 1 saturated heterocycles. The van der Waals surface area contributed by atoms with Gasteiger partial charge in [0.25, 0.3) is 0 Å². The fourth-order valence-corrected chi connectivity index (χ4v) is 3.27. The molecule has 0 aromatic heterocycles. The lowest BCUT2D eigenvalue weighted by atomic mass is 10.1. The molecule has 6 heteroatoms. The zero-order valence-corrected chi connectivity index (χ0v) is 16.7. The van der Waals surface area contributed by atoms with Crippen LogP contribution in [0.4, 0.5) is 0 Å². The van der Waals surface area contributed by atoms with E-state index in [9.17, 15) is 0 Å². The van der Waals surface area contributed by atoms with Gasteiger partial charge in [-0.15, -0.1) is 0 Å². The van der Waals surface area contributed by atoms with Gasteiger partial charge in [0.2, 0.25) is 0 Å². The molecule has 2 N–H and O–H groups in total. The van der Waals surface area contributed by atoms with Crippen LogP contribution in [-0.4, -0.2) is 64.3 Å². The summed E-state index contributed by atoms with van der Waals surface area (Å²) in [6, 6.07) is 6.06. The van der Waals surface area contributed by atoms with E-state index in [1.54, 1.807) is 14.2 Å². The molecular formula is C20H34N4O2. The Morgan fingerprint density at radius 1 is 1.19 bits per heavy atom. The molecule has 1 unspecified atom stereocenters. The van der Waals surface area contributed by atoms with Crippen molar-refractivity contribution >= 4 is 5.96 Å². The first-order chi connectivity index (χ1) is 12.7. The fraction of sp³-hybridized carbons (Fsp3) is 0.650. The molecule has 0 spiro atoms. The number of nitrogens with one attached hydrogen (secondary N) is 2. The van der Waals surface area contributed by atoms with Crippen molar-refractivity contribution in [2.75, 3.05) is 53.5 Å². The van der Waals surface area contributed by atoms with Gasteiger partial charge in [0.05, 0.1) is 14.2 Å². The van der Waals surface area contributed by atoms with Crippen LogP contribution in [0, 0.1) is 5.92 Å². The first-order valence-corrected chi connectivity index (χ1v) is 9.65. The van der Waals surface area contributed by atoms with Crippen molar-refractivity contribution in [3.05, 3.63) is 23.8 Å². The van der Waals surface area contributed by atoms with Crippen LogP contribution in [-0.2, 0) is 6.42 Å². The molecule has 1 aliphatic heterocycles. The second-order valence-corrected chi connectivity index (χ2v) is 6.63. The van der Waals surface area contributed by atoms with Crippen LogP contribution in [0.25, 0.3) is 0 Å². The number of guanidine groups is 1. The van der Waals surface area contributed by atoms with Crippen LogP contribution in [0.1, 0.15) is 25.8 Å². The molecule has 0 aliphatic carbocycles. The van der Waals surface area contributed by atoms with Gasteiger partial charge in [-0.25, -0.2) is 0 Å². The lowest BCUT2D eigenvalue weighted by molar-refractivity contribution is 0.343. The standard InChI is InChI=1S/C20H34N4O2/c1-5-21-20(23-14-17-10-12-24(6-2)15-17)22-11-9-16-7-8-18(25-3)19(13-16)26-4/h7-8,13,17H,5-6,9-12,14-15H2,1-4H3,(H2,21,22,23). The SMILES string of the molecule is CCNC(=NCC1CCN(CC)C1)NCCc1ccc(OC)c(OC)c1. The van der Waals surface area contributed by atoms with E-state index in [0.29, 0.717) is 5.92 Å². The third-order valence-corrected chi connectivity index (χ3v) is 4.82. The van der Waals surface area contributed by atoms with Crippen molar-refractivity contribution in [3.63, 3.8) is 0 Å². The molecule has 1 atom stereocenters. The molecule has 26 heavy (non-hydrogen) atoms. The second-order valence-electron chi connectivity index (χ2n) is 6.63. The van der Waals surface area contributed by atoms with Gasteiger partial charge in [0.1, 0.15) is 0 Å². The topological polar surface area (TPSA) is 58.1 Å². The Labute approximate surface area is 158 Å². The third-order valence-electron chi connectivity index (χ3n) is 4.82. The summed E-state index contributed by atoms with van der Waals surface area (Å²) < 4.78 is 10.7. The number of hydrogen-bond donors (Lipinski definition) is 2. The zero-order valence-electron chi connectivity index (χ0n) is 16.7. The Morgan fingerprint density at radius 2 is 2.00 bits per heavy atom. The summed E-state index contributed by atoms with van der Waals surface area (Å²) in [5.41, 5.74) is 1.21. The average molecular weight is 363 g/mol. The lowest BCUT2D eigenvalue weighted by Crippen LogP contribution is -2.38. The number of rotatable bonds is 9. The van der Waals surface area contributed by atoms with E-state index in [1.165, 1.54) is 25.1 Å². The van der Waals surface area contributed by atoms with Crippen molar-refractivity contribution in [2.24, 2.45) is 10.9 Å². The highest BCUT2D eigenvalue weighted by Crippen LogP contribution is 2.27. The van der Waals surface area contributed by atoms with Crippen molar-refractivity contribution < 1.29 is 9.47 Å². The minimum atomic E-state index is 0.677. The van der Waals surface area contributed by atoms with Crippen molar-refractivity contribution in [2.45, 2.75) is 26.7 Å². The Kier molecular flexibility index (Phi) is 8.54. The zero-order chi connectivity index (χ0) is 18.8. The molecule has 1 heterocycles. The Morgan fingerprint density at radius 3 is 2.65 bits per heavy atom. The highest BCUT2D eigenvalue weighted by molar-refractivity contribution is 5.79. The second kappa shape index (κ2) is 10.9. The number of aliphatic imine (C=N–C) groups is 1. The van der Waals surface area contributed by atoms with E-state index in [2.05, 4.69) is 35.4 Å². The first kappa shape index (κ1) is 20.4. The number of ether oxygens (including phenoxy) is 2. The van der Waals surface area contributed by atoms with Gasteiger partial charge in [-0.05, 0) is 56.5 Å². The van der Waals surface area contributed by atoms with E-state index in [0.717, 1.165) is 50.1 Å². The minimum absolute atomic E-state index is 0.677. The highest BCUT2D eigenvalue weighted by atomic mass is 16.5. The van der Waals surface area contributed by atoms with Crippen LogP contribution in [0.5, 0.6) is 11.5 Å². The van der Waals surface area contributed by atoms with E-state index >= 15 is 0 Å². The van der Waals surface area contributed by atoms with Gasteiger partial charge in [0, 0.05) is 26.2 Å². The Hall–Kier alpha value is -1.95. The molecule has 2 rings (SSSR count). The summed E-state index contributed by atoms with van der Waals surface area (Å²) in [6.45, 7) is 10.4.